The van der Waals surface area contributed by atoms with Crippen molar-refractivity contribution in [3.05, 3.63) is 87.5 Å². The average Bonchev–Trinajstić information content (AvgIpc) is 3.66. The molecule has 6 heteroatoms. The van der Waals surface area contributed by atoms with Gasteiger partial charge in [0.2, 0.25) is 0 Å². The normalized spacial score (nSPS) is 19.5. The van der Waals surface area contributed by atoms with Crippen LogP contribution in [0.4, 0.5) is 0 Å². The van der Waals surface area contributed by atoms with E-state index in [0.29, 0.717) is 46.6 Å². The van der Waals surface area contributed by atoms with Gasteiger partial charge in [0.1, 0.15) is 18.4 Å². The Morgan fingerprint density at radius 2 is 1.86 bits per heavy atom. The second-order valence-electron chi connectivity index (χ2n) is 9.61. The van der Waals surface area contributed by atoms with E-state index in [1.165, 1.54) is 12.0 Å². The van der Waals surface area contributed by atoms with Crippen molar-refractivity contribution in [1.82, 2.24) is 0 Å². The molecule has 1 aliphatic carbocycles. The molecule has 2 aliphatic rings. The van der Waals surface area contributed by atoms with Crippen molar-refractivity contribution in [1.29, 1.82) is 5.26 Å². The zero-order valence-electron chi connectivity index (χ0n) is 20.4. The van der Waals surface area contributed by atoms with E-state index in [2.05, 4.69) is 50.3 Å². The van der Waals surface area contributed by atoms with Gasteiger partial charge in [0.05, 0.1) is 23.6 Å². The molecule has 1 heterocycles. The number of benzene rings is 2. The van der Waals surface area contributed by atoms with Crippen molar-refractivity contribution in [2.24, 2.45) is 5.92 Å². The molecule has 1 fully saturated rings. The zero-order chi connectivity index (χ0) is 25.0. The summed E-state index contributed by atoms with van der Waals surface area (Å²) in [7, 11) is 1.65. The summed E-state index contributed by atoms with van der Waals surface area (Å²) >= 11 is 12.2. The quantitative estimate of drug-likeness (QED) is 0.321. The van der Waals surface area contributed by atoms with E-state index >= 15 is 0 Å². The van der Waals surface area contributed by atoms with Gasteiger partial charge in [-0.2, -0.15) is 5.26 Å². The summed E-state index contributed by atoms with van der Waals surface area (Å²) in [6, 6.07) is 14.8. The zero-order valence-corrected chi connectivity index (χ0v) is 22.0. The average molecular weight is 512 g/mol. The highest BCUT2D eigenvalue weighted by molar-refractivity contribution is 6.32. The molecule has 0 aromatic heterocycles. The maximum Gasteiger partial charge on any atom is 0.279 e. The largest absolute Gasteiger partial charge is 0.489 e. The lowest BCUT2D eigenvalue weighted by atomic mass is 9.77. The first-order valence-electron chi connectivity index (χ1n) is 12.0. The van der Waals surface area contributed by atoms with Crippen LogP contribution in [0.15, 0.2) is 60.3 Å². The number of allylic oxidation sites excluding steroid dienone is 3. The van der Waals surface area contributed by atoms with Crippen LogP contribution in [0.3, 0.4) is 0 Å². The van der Waals surface area contributed by atoms with Crippen molar-refractivity contribution < 1.29 is 14.2 Å². The molecule has 2 aromatic rings. The van der Waals surface area contributed by atoms with Gasteiger partial charge in [0, 0.05) is 11.8 Å². The maximum absolute atomic E-state index is 9.65. The van der Waals surface area contributed by atoms with Crippen molar-refractivity contribution in [3.63, 3.8) is 0 Å². The summed E-state index contributed by atoms with van der Waals surface area (Å²) in [5.41, 5.74) is 3.58. The van der Waals surface area contributed by atoms with E-state index < -0.39 is 0 Å². The lowest BCUT2D eigenvalue weighted by Gasteiger charge is -2.27. The smallest absolute Gasteiger partial charge is 0.279 e. The molecule has 1 saturated carbocycles. The lowest BCUT2D eigenvalue weighted by molar-refractivity contribution is 0.0983. The summed E-state index contributed by atoms with van der Waals surface area (Å²) in [5.74, 6) is 3.49. The third-order valence-electron chi connectivity index (χ3n) is 6.94. The number of methoxy groups -OCH3 is 1. The van der Waals surface area contributed by atoms with Gasteiger partial charge in [-0.05, 0) is 72.1 Å². The minimum Gasteiger partial charge on any atom is -0.489 e. The fourth-order valence-corrected chi connectivity index (χ4v) is 5.04. The molecule has 0 saturated heterocycles. The van der Waals surface area contributed by atoms with Gasteiger partial charge in [0.15, 0.2) is 5.75 Å². The monoisotopic (exact) mass is 511 g/mol. The Labute approximate surface area is 218 Å². The predicted octanol–water partition coefficient (Wildman–Crippen LogP) is 7.83. The first-order valence-corrected chi connectivity index (χ1v) is 12.9. The van der Waals surface area contributed by atoms with Crippen LogP contribution in [0.25, 0.3) is 0 Å². The molecule has 0 bridgehead atoms. The molecular formula is C29H31Cl2NO3. The van der Waals surface area contributed by atoms with Crippen molar-refractivity contribution in [2.45, 2.75) is 50.9 Å². The van der Waals surface area contributed by atoms with E-state index in [9.17, 15) is 5.26 Å². The van der Waals surface area contributed by atoms with Gasteiger partial charge < -0.3 is 14.2 Å². The second-order valence-corrected chi connectivity index (χ2v) is 10.4. The summed E-state index contributed by atoms with van der Waals surface area (Å²) in [6.07, 6.45) is 8.23. The van der Waals surface area contributed by atoms with Crippen molar-refractivity contribution in [2.75, 3.05) is 19.6 Å². The second kappa shape index (κ2) is 11.0. The Kier molecular flexibility index (Phi) is 7.99. The van der Waals surface area contributed by atoms with E-state index in [0.717, 1.165) is 36.1 Å². The van der Waals surface area contributed by atoms with Crippen LogP contribution in [0.2, 0.25) is 5.02 Å². The molecule has 2 atom stereocenters. The maximum atomic E-state index is 9.65. The van der Waals surface area contributed by atoms with Crippen LogP contribution >= 0.6 is 23.2 Å². The van der Waals surface area contributed by atoms with Crippen LogP contribution < -0.4 is 4.74 Å². The van der Waals surface area contributed by atoms with E-state index in [1.54, 1.807) is 7.11 Å². The van der Waals surface area contributed by atoms with Crippen LogP contribution in [-0.4, -0.2) is 19.6 Å². The molecule has 0 radical (unpaired) electrons. The SMILES string of the molecule is COC1=CCCC=C(CC2CC2c2ccc(C(C)(C)c3cc(Cl)c(OCCCl)c(C#N)c3)cc2)O1. The molecule has 2 aromatic carbocycles. The molecule has 2 unspecified atom stereocenters. The van der Waals surface area contributed by atoms with Gasteiger partial charge >= 0.3 is 0 Å². The Morgan fingerprint density at radius 1 is 1.11 bits per heavy atom. The van der Waals surface area contributed by atoms with E-state index in [4.69, 9.17) is 37.4 Å². The molecule has 35 heavy (non-hydrogen) atoms. The number of alkyl halides is 1. The van der Waals surface area contributed by atoms with Gasteiger partial charge in [-0.25, -0.2) is 0 Å². The molecular weight excluding hydrogens is 481 g/mol. The first-order chi connectivity index (χ1) is 16.9. The molecule has 4 nitrogen and oxygen atoms in total. The molecule has 0 N–H and O–H groups in total. The number of rotatable bonds is 9. The fraction of sp³-hybridized carbons (Fsp3) is 0.414. The minimum atomic E-state index is -0.330. The highest BCUT2D eigenvalue weighted by atomic mass is 35.5. The Hall–Kier alpha value is -2.61. The number of hydrogen-bond donors (Lipinski definition) is 0. The number of ether oxygens (including phenoxy) is 3. The number of nitriles is 1. The minimum absolute atomic E-state index is 0.302. The summed E-state index contributed by atoms with van der Waals surface area (Å²) in [4.78, 5) is 0. The van der Waals surface area contributed by atoms with E-state index in [-0.39, 0.29) is 5.41 Å². The summed E-state index contributed by atoms with van der Waals surface area (Å²) < 4.78 is 16.8. The highest BCUT2D eigenvalue weighted by Crippen LogP contribution is 2.51. The van der Waals surface area contributed by atoms with Crippen molar-refractivity contribution in [3.8, 4) is 11.8 Å². The topological polar surface area (TPSA) is 51.5 Å². The van der Waals surface area contributed by atoms with Gasteiger partial charge in [-0.15, -0.1) is 11.6 Å². The van der Waals surface area contributed by atoms with Crippen LogP contribution in [0.5, 0.6) is 5.75 Å². The number of hydrogen-bond acceptors (Lipinski definition) is 4. The third kappa shape index (κ3) is 5.80. The van der Waals surface area contributed by atoms with Crippen LogP contribution in [-0.2, 0) is 14.9 Å². The standard InChI is InChI=1S/C29H31Cl2NO3/c1-29(2,23-14-21(18-32)28(26(31)17-23)34-13-12-30)22-10-8-19(9-11-22)25-16-20(25)15-24-6-4-5-7-27(33-3)35-24/h6-11,14,17,20,25H,4-5,12-13,15-16H2,1-3H3. The van der Waals surface area contributed by atoms with Gasteiger partial charge in [0.25, 0.3) is 5.95 Å². The molecule has 1 aliphatic heterocycles. The molecule has 4 rings (SSSR count). The van der Waals surface area contributed by atoms with Crippen LogP contribution in [0.1, 0.15) is 67.7 Å². The highest BCUT2D eigenvalue weighted by Gasteiger charge is 2.39. The van der Waals surface area contributed by atoms with Gasteiger partial charge in [-0.1, -0.05) is 49.7 Å². The first kappa shape index (κ1) is 25.5. The van der Waals surface area contributed by atoms with Crippen molar-refractivity contribution >= 4 is 23.2 Å². The lowest BCUT2D eigenvalue weighted by Crippen LogP contribution is -2.19. The summed E-state index contributed by atoms with van der Waals surface area (Å²) in [6.45, 7) is 4.59. The Morgan fingerprint density at radius 3 is 2.54 bits per heavy atom. The van der Waals surface area contributed by atoms with E-state index in [1.807, 2.05) is 18.2 Å². The number of halogens is 2. The number of nitrogens with zero attached hydrogens (tertiary/aromatic N) is 1. The Balaban J connectivity index is 1.46. The predicted molar refractivity (Wildman–Crippen MR) is 140 cm³/mol. The third-order valence-corrected chi connectivity index (χ3v) is 7.37. The van der Waals surface area contributed by atoms with Gasteiger partial charge in [-0.3, -0.25) is 0 Å². The molecule has 0 spiro atoms. The Bertz CT molecular complexity index is 1160. The summed E-state index contributed by atoms with van der Waals surface area (Å²) in [5, 5.41) is 10.1. The van der Waals surface area contributed by atoms with Crippen LogP contribution in [0, 0.1) is 17.2 Å². The molecule has 184 valence electrons. The molecule has 0 amide bonds. The fourth-order valence-electron chi connectivity index (χ4n) is 4.69.